The molecule has 28 heavy (non-hydrogen) atoms. The topological polar surface area (TPSA) is 83.7 Å². The van der Waals surface area contributed by atoms with Gasteiger partial charge in [0.25, 0.3) is 15.9 Å². The summed E-state index contributed by atoms with van der Waals surface area (Å²) in [5.41, 5.74) is 7.86. The average Bonchev–Trinajstić information content (AvgIpc) is 3.31. The fraction of sp³-hybridized carbons (Fsp3) is 0.381. The van der Waals surface area contributed by atoms with Crippen LogP contribution in [0, 0.1) is 5.92 Å². The fourth-order valence-corrected chi connectivity index (χ4v) is 5.94. The van der Waals surface area contributed by atoms with Gasteiger partial charge in [0.05, 0.1) is 10.6 Å². The molecule has 7 heteroatoms. The SMILES string of the molecule is CC1Cc2ccccc2N1S(=O)(=O)c1cccc(C(=O)N2CCC(CN)C2)c1. The molecule has 2 aromatic rings. The van der Waals surface area contributed by atoms with Gasteiger partial charge in [-0.1, -0.05) is 24.3 Å². The first-order chi connectivity index (χ1) is 13.4. The van der Waals surface area contributed by atoms with Crippen LogP contribution in [0.2, 0.25) is 0 Å². The highest BCUT2D eigenvalue weighted by atomic mass is 32.2. The van der Waals surface area contributed by atoms with Crippen LogP contribution in [0.15, 0.2) is 53.4 Å². The lowest BCUT2D eigenvalue weighted by Gasteiger charge is -2.25. The van der Waals surface area contributed by atoms with E-state index in [1.807, 2.05) is 31.2 Å². The number of sulfonamides is 1. The number of nitrogens with zero attached hydrogens (tertiary/aromatic N) is 2. The molecule has 1 fully saturated rings. The Hall–Kier alpha value is -2.38. The normalized spacial score (nSPS) is 21.8. The molecular formula is C21H25N3O3S. The van der Waals surface area contributed by atoms with Crippen molar-refractivity contribution in [1.29, 1.82) is 0 Å². The molecule has 6 nitrogen and oxygen atoms in total. The fourth-order valence-electron chi connectivity index (χ4n) is 4.20. The second-order valence-corrected chi connectivity index (χ2v) is 9.47. The van der Waals surface area contributed by atoms with Crippen LogP contribution in [0.3, 0.4) is 0 Å². The second kappa shape index (κ2) is 7.22. The molecule has 0 aromatic heterocycles. The highest BCUT2D eigenvalue weighted by Crippen LogP contribution is 2.36. The van der Waals surface area contributed by atoms with Gasteiger partial charge in [0.1, 0.15) is 0 Å². The van der Waals surface area contributed by atoms with Crippen molar-refractivity contribution in [2.45, 2.75) is 30.7 Å². The minimum Gasteiger partial charge on any atom is -0.338 e. The van der Waals surface area contributed by atoms with Crippen molar-refractivity contribution in [3.8, 4) is 0 Å². The van der Waals surface area contributed by atoms with E-state index in [2.05, 4.69) is 0 Å². The summed E-state index contributed by atoms with van der Waals surface area (Å²) in [7, 11) is -3.75. The number of nitrogens with two attached hydrogens (primary N) is 1. The van der Waals surface area contributed by atoms with Gasteiger partial charge in [-0.05, 0) is 62.1 Å². The van der Waals surface area contributed by atoms with E-state index in [0.717, 1.165) is 17.7 Å². The average molecular weight is 400 g/mol. The maximum atomic E-state index is 13.4. The zero-order valence-corrected chi connectivity index (χ0v) is 16.7. The highest BCUT2D eigenvalue weighted by Gasteiger charge is 2.36. The lowest BCUT2D eigenvalue weighted by molar-refractivity contribution is 0.0787. The minimum atomic E-state index is -3.75. The Bertz CT molecular complexity index is 1010. The molecular weight excluding hydrogens is 374 g/mol. The molecule has 0 bridgehead atoms. The summed E-state index contributed by atoms with van der Waals surface area (Å²) in [5.74, 6) is 0.181. The monoisotopic (exact) mass is 399 g/mol. The number of carbonyl (C=O) groups is 1. The summed E-state index contributed by atoms with van der Waals surface area (Å²) in [4.78, 5) is 14.8. The summed E-state index contributed by atoms with van der Waals surface area (Å²) in [6.45, 7) is 3.76. The van der Waals surface area contributed by atoms with E-state index in [1.54, 1.807) is 23.1 Å². The van der Waals surface area contributed by atoms with Gasteiger partial charge in [-0.2, -0.15) is 0 Å². The second-order valence-electron chi connectivity index (χ2n) is 7.65. The van der Waals surface area contributed by atoms with Crippen molar-refractivity contribution in [3.63, 3.8) is 0 Å². The number of rotatable bonds is 4. The van der Waals surface area contributed by atoms with E-state index in [0.29, 0.717) is 37.5 Å². The first-order valence-electron chi connectivity index (χ1n) is 9.63. The largest absolute Gasteiger partial charge is 0.338 e. The number of anilines is 1. The Morgan fingerprint density at radius 1 is 1.18 bits per heavy atom. The molecule has 0 radical (unpaired) electrons. The van der Waals surface area contributed by atoms with Gasteiger partial charge in [-0.25, -0.2) is 8.42 Å². The Balaban J connectivity index is 1.65. The lowest BCUT2D eigenvalue weighted by atomic mass is 10.1. The Morgan fingerprint density at radius 3 is 2.71 bits per heavy atom. The number of hydrogen-bond donors (Lipinski definition) is 1. The summed E-state index contributed by atoms with van der Waals surface area (Å²) in [5, 5.41) is 0. The summed E-state index contributed by atoms with van der Waals surface area (Å²) < 4.78 is 28.3. The highest BCUT2D eigenvalue weighted by molar-refractivity contribution is 7.92. The molecule has 0 aliphatic carbocycles. The van der Waals surface area contributed by atoms with E-state index in [-0.39, 0.29) is 16.8 Å². The van der Waals surface area contributed by atoms with Crippen LogP contribution in [0.1, 0.15) is 29.3 Å². The Labute approximate surface area is 166 Å². The van der Waals surface area contributed by atoms with Crippen molar-refractivity contribution in [1.82, 2.24) is 4.90 Å². The van der Waals surface area contributed by atoms with Crippen LogP contribution >= 0.6 is 0 Å². The number of carbonyl (C=O) groups excluding carboxylic acids is 1. The predicted molar refractivity (Wildman–Crippen MR) is 109 cm³/mol. The zero-order chi connectivity index (χ0) is 19.9. The third-order valence-corrected chi connectivity index (χ3v) is 7.61. The number of hydrogen-bond acceptors (Lipinski definition) is 4. The van der Waals surface area contributed by atoms with Gasteiger partial charge in [0.2, 0.25) is 0 Å². The maximum Gasteiger partial charge on any atom is 0.264 e. The molecule has 4 rings (SSSR count). The Kier molecular flexibility index (Phi) is 4.89. The van der Waals surface area contributed by atoms with Crippen molar-refractivity contribution in [2.24, 2.45) is 11.7 Å². The third kappa shape index (κ3) is 3.18. The molecule has 2 aromatic carbocycles. The molecule has 148 valence electrons. The van der Waals surface area contributed by atoms with Crippen molar-refractivity contribution >= 4 is 21.6 Å². The first kappa shape index (κ1) is 19.0. The quantitative estimate of drug-likeness (QED) is 0.855. The summed E-state index contributed by atoms with van der Waals surface area (Å²) in [6.07, 6.45) is 1.57. The predicted octanol–water partition coefficient (Wildman–Crippen LogP) is 2.25. The van der Waals surface area contributed by atoms with Crippen molar-refractivity contribution < 1.29 is 13.2 Å². The minimum absolute atomic E-state index is 0.136. The van der Waals surface area contributed by atoms with E-state index in [4.69, 9.17) is 5.73 Å². The van der Waals surface area contributed by atoms with Crippen LogP contribution in [0.5, 0.6) is 0 Å². The Morgan fingerprint density at radius 2 is 1.96 bits per heavy atom. The lowest BCUT2D eigenvalue weighted by Crippen LogP contribution is -2.36. The molecule has 0 spiro atoms. The van der Waals surface area contributed by atoms with Crippen LogP contribution in [0.4, 0.5) is 5.69 Å². The van der Waals surface area contributed by atoms with Crippen LogP contribution in [-0.4, -0.2) is 44.9 Å². The third-order valence-electron chi connectivity index (χ3n) is 5.69. The van der Waals surface area contributed by atoms with Gasteiger partial charge in [0.15, 0.2) is 0 Å². The standard InChI is InChI=1S/C21H25N3O3S/c1-15-11-17-5-2-3-8-20(17)24(15)28(26,27)19-7-4-6-18(12-19)21(25)23-10-9-16(13-22)14-23/h2-8,12,15-16H,9-11,13-14,22H2,1H3. The summed E-state index contributed by atoms with van der Waals surface area (Å²) >= 11 is 0. The molecule has 0 saturated carbocycles. The van der Waals surface area contributed by atoms with E-state index < -0.39 is 10.0 Å². The van der Waals surface area contributed by atoms with Crippen molar-refractivity contribution in [3.05, 3.63) is 59.7 Å². The van der Waals surface area contributed by atoms with Gasteiger partial charge in [-0.15, -0.1) is 0 Å². The molecule has 1 saturated heterocycles. The zero-order valence-electron chi connectivity index (χ0n) is 15.9. The first-order valence-corrected chi connectivity index (χ1v) is 11.1. The van der Waals surface area contributed by atoms with E-state index in [9.17, 15) is 13.2 Å². The number of amides is 1. The van der Waals surface area contributed by atoms with E-state index >= 15 is 0 Å². The van der Waals surface area contributed by atoms with Crippen LogP contribution < -0.4 is 10.0 Å². The molecule has 1 amide bonds. The molecule has 2 N–H and O–H groups in total. The van der Waals surface area contributed by atoms with Crippen LogP contribution in [0.25, 0.3) is 0 Å². The number of likely N-dealkylation sites (tertiary alicyclic amines) is 1. The number of para-hydroxylation sites is 1. The van der Waals surface area contributed by atoms with E-state index in [1.165, 1.54) is 10.4 Å². The van der Waals surface area contributed by atoms with Crippen LogP contribution in [-0.2, 0) is 16.4 Å². The molecule has 2 unspecified atom stereocenters. The molecule has 2 aliphatic heterocycles. The molecule has 2 atom stereocenters. The van der Waals surface area contributed by atoms with Gasteiger partial charge >= 0.3 is 0 Å². The molecule has 2 aliphatic rings. The number of benzene rings is 2. The smallest absolute Gasteiger partial charge is 0.264 e. The van der Waals surface area contributed by atoms with Gasteiger partial charge < -0.3 is 10.6 Å². The maximum absolute atomic E-state index is 13.4. The van der Waals surface area contributed by atoms with Gasteiger partial charge in [0, 0.05) is 24.7 Å². The molecule has 2 heterocycles. The van der Waals surface area contributed by atoms with Crippen molar-refractivity contribution in [2.75, 3.05) is 23.9 Å². The summed E-state index contributed by atoms with van der Waals surface area (Å²) in [6, 6.07) is 13.8. The number of fused-ring (bicyclic) bond motifs is 1. The van der Waals surface area contributed by atoms with Gasteiger partial charge in [-0.3, -0.25) is 9.10 Å².